The monoisotopic (exact) mass is 296 g/mol. The van der Waals surface area contributed by atoms with E-state index in [1.54, 1.807) is 0 Å². The third-order valence-electron chi connectivity index (χ3n) is 4.31. The van der Waals surface area contributed by atoms with E-state index in [9.17, 15) is 0 Å². The minimum absolute atomic E-state index is 0.423. The van der Waals surface area contributed by atoms with E-state index in [2.05, 4.69) is 60.1 Å². The quantitative estimate of drug-likeness (QED) is 0.867. The van der Waals surface area contributed by atoms with Crippen LogP contribution in [0.1, 0.15) is 35.8 Å². The molecule has 4 nitrogen and oxygen atoms in total. The first kappa shape index (κ1) is 15.0. The minimum atomic E-state index is 0.423. The molecule has 1 saturated heterocycles. The maximum atomic E-state index is 4.81. The molecule has 0 saturated carbocycles. The molecule has 1 atom stereocenters. The Labute approximate surface area is 132 Å². The van der Waals surface area contributed by atoms with Gasteiger partial charge in [0.05, 0.1) is 11.7 Å². The van der Waals surface area contributed by atoms with Gasteiger partial charge in [0, 0.05) is 44.4 Å². The van der Waals surface area contributed by atoms with E-state index in [1.807, 2.05) is 12.4 Å². The van der Waals surface area contributed by atoms with Crippen LogP contribution in [0.15, 0.2) is 36.7 Å². The molecule has 116 valence electrons. The van der Waals surface area contributed by atoms with E-state index in [-0.39, 0.29) is 0 Å². The van der Waals surface area contributed by atoms with Crippen molar-refractivity contribution in [2.24, 2.45) is 0 Å². The van der Waals surface area contributed by atoms with E-state index in [4.69, 9.17) is 4.98 Å². The van der Waals surface area contributed by atoms with Gasteiger partial charge >= 0.3 is 0 Å². The lowest BCUT2D eigenvalue weighted by Gasteiger charge is -2.25. The molecule has 1 aliphatic rings. The first-order valence-electron chi connectivity index (χ1n) is 7.92. The Bertz CT molecular complexity index is 624. The highest BCUT2D eigenvalue weighted by molar-refractivity contribution is 5.47. The molecule has 1 unspecified atom stereocenters. The second-order valence-electron chi connectivity index (χ2n) is 6.27. The summed E-state index contributed by atoms with van der Waals surface area (Å²) in [4.78, 5) is 13.6. The molecular formula is C18H24N4. The summed E-state index contributed by atoms with van der Waals surface area (Å²) in [7, 11) is 4.17. The van der Waals surface area contributed by atoms with Crippen LogP contribution < -0.4 is 4.90 Å². The number of pyridine rings is 2. The van der Waals surface area contributed by atoms with Gasteiger partial charge in [-0.2, -0.15) is 0 Å². The van der Waals surface area contributed by atoms with Gasteiger partial charge in [-0.05, 0) is 56.1 Å². The zero-order valence-corrected chi connectivity index (χ0v) is 13.7. The summed E-state index contributed by atoms with van der Waals surface area (Å²) in [5, 5.41) is 0. The predicted molar refractivity (Wildman–Crippen MR) is 89.9 cm³/mol. The summed E-state index contributed by atoms with van der Waals surface area (Å²) in [6.07, 6.45) is 6.17. The predicted octanol–water partition coefficient (Wildman–Crippen LogP) is 3.19. The second kappa shape index (κ2) is 6.44. The van der Waals surface area contributed by atoms with Gasteiger partial charge < -0.3 is 4.90 Å². The number of anilines is 1. The van der Waals surface area contributed by atoms with Crippen molar-refractivity contribution in [3.05, 3.63) is 53.6 Å². The maximum Gasteiger partial charge on any atom is 0.0599 e. The van der Waals surface area contributed by atoms with E-state index in [1.165, 1.54) is 29.8 Å². The summed E-state index contributed by atoms with van der Waals surface area (Å²) in [5.41, 5.74) is 4.85. The van der Waals surface area contributed by atoms with Crippen molar-refractivity contribution in [1.29, 1.82) is 0 Å². The molecule has 0 bridgehead atoms. The number of aromatic nitrogens is 2. The fourth-order valence-corrected chi connectivity index (χ4v) is 3.18. The fraction of sp³-hybridized carbons (Fsp3) is 0.444. The van der Waals surface area contributed by atoms with Crippen LogP contribution in [-0.4, -0.2) is 35.5 Å². The lowest BCUT2D eigenvalue weighted by Crippen LogP contribution is -2.24. The Morgan fingerprint density at radius 1 is 1.23 bits per heavy atom. The summed E-state index contributed by atoms with van der Waals surface area (Å²) in [6.45, 7) is 4.19. The lowest BCUT2D eigenvalue weighted by atomic mass is 10.1. The molecule has 0 aromatic carbocycles. The highest BCUT2D eigenvalue weighted by Crippen LogP contribution is 2.33. The number of likely N-dealkylation sites (tertiary alicyclic amines) is 1. The van der Waals surface area contributed by atoms with Crippen LogP contribution in [-0.2, 0) is 6.54 Å². The molecule has 1 aliphatic heterocycles. The number of hydrogen-bond donors (Lipinski definition) is 0. The number of hydrogen-bond acceptors (Lipinski definition) is 4. The van der Waals surface area contributed by atoms with Gasteiger partial charge in [-0.3, -0.25) is 14.9 Å². The van der Waals surface area contributed by atoms with Crippen LogP contribution in [0.5, 0.6) is 0 Å². The lowest BCUT2D eigenvalue weighted by molar-refractivity contribution is 0.244. The molecule has 0 aliphatic carbocycles. The average Bonchev–Trinajstić information content (AvgIpc) is 2.96. The van der Waals surface area contributed by atoms with Crippen molar-refractivity contribution < 1.29 is 0 Å². The molecule has 2 aromatic rings. The van der Waals surface area contributed by atoms with Crippen molar-refractivity contribution in [2.45, 2.75) is 32.4 Å². The first-order valence-corrected chi connectivity index (χ1v) is 7.92. The van der Waals surface area contributed by atoms with Gasteiger partial charge in [0.1, 0.15) is 0 Å². The van der Waals surface area contributed by atoms with Crippen molar-refractivity contribution in [3.8, 4) is 0 Å². The largest absolute Gasteiger partial charge is 0.378 e. The Morgan fingerprint density at radius 2 is 2.00 bits per heavy atom. The van der Waals surface area contributed by atoms with Crippen molar-refractivity contribution in [3.63, 3.8) is 0 Å². The highest BCUT2D eigenvalue weighted by atomic mass is 15.2. The molecule has 22 heavy (non-hydrogen) atoms. The van der Waals surface area contributed by atoms with Crippen molar-refractivity contribution in [1.82, 2.24) is 14.9 Å². The van der Waals surface area contributed by atoms with Gasteiger partial charge in [-0.25, -0.2) is 0 Å². The maximum absolute atomic E-state index is 4.81. The van der Waals surface area contributed by atoms with Crippen LogP contribution in [0.3, 0.4) is 0 Å². The molecule has 3 heterocycles. The molecule has 2 aromatic heterocycles. The van der Waals surface area contributed by atoms with Gasteiger partial charge in [0.2, 0.25) is 0 Å². The molecule has 0 radical (unpaired) electrons. The van der Waals surface area contributed by atoms with Crippen LogP contribution >= 0.6 is 0 Å². The molecule has 1 fully saturated rings. The van der Waals surface area contributed by atoms with Gasteiger partial charge in [0.15, 0.2) is 0 Å². The average molecular weight is 296 g/mol. The van der Waals surface area contributed by atoms with Crippen LogP contribution in [0.25, 0.3) is 0 Å². The molecule has 0 N–H and O–H groups in total. The van der Waals surface area contributed by atoms with Crippen LogP contribution in [0.4, 0.5) is 5.69 Å². The SMILES string of the molecule is Cc1cc(N(C)C)cc(C2CCCN2Cc2ccncc2)n1. The Balaban J connectivity index is 1.84. The second-order valence-corrected chi connectivity index (χ2v) is 6.27. The van der Waals surface area contributed by atoms with Gasteiger partial charge in [-0.15, -0.1) is 0 Å². The Kier molecular flexibility index (Phi) is 4.39. The minimum Gasteiger partial charge on any atom is -0.378 e. The molecule has 0 spiro atoms. The summed E-state index contributed by atoms with van der Waals surface area (Å²) in [6, 6.07) is 9.01. The highest BCUT2D eigenvalue weighted by Gasteiger charge is 2.27. The molecule has 3 rings (SSSR count). The summed E-state index contributed by atoms with van der Waals surface area (Å²) < 4.78 is 0. The third kappa shape index (κ3) is 3.28. The van der Waals surface area contributed by atoms with Crippen LogP contribution in [0.2, 0.25) is 0 Å². The number of rotatable bonds is 4. The van der Waals surface area contributed by atoms with E-state index < -0.39 is 0 Å². The molecule has 0 amide bonds. The van der Waals surface area contributed by atoms with Crippen LogP contribution in [0, 0.1) is 6.92 Å². The van der Waals surface area contributed by atoms with E-state index in [0.717, 1.165) is 18.8 Å². The van der Waals surface area contributed by atoms with Gasteiger partial charge in [0.25, 0.3) is 0 Å². The smallest absolute Gasteiger partial charge is 0.0599 e. The molecule has 4 heteroatoms. The van der Waals surface area contributed by atoms with E-state index >= 15 is 0 Å². The topological polar surface area (TPSA) is 32.3 Å². The zero-order valence-electron chi connectivity index (χ0n) is 13.7. The number of aryl methyl sites for hydroxylation is 1. The van der Waals surface area contributed by atoms with Crippen molar-refractivity contribution in [2.75, 3.05) is 25.5 Å². The zero-order chi connectivity index (χ0) is 15.5. The number of nitrogens with zero attached hydrogens (tertiary/aromatic N) is 4. The summed E-state index contributed by atoms with van der Waals surface area (Å²) >= 11 is 0. The van der Waals surface area contributed by atoms with E-state index in [0.29, 0.717) is 6.04 Å². The Morgan fingerprint density at radius 3 is 2.73 bits per heavy atom. The molecular weight excluding hydrogens is 272 g/mol. The first-order chi connectivity index (χ1) is 10.6. The normalized spacial score (nSPS) is 18.6. The fourth-order valence-electron chi connectivity index (χ4n) is 3.18. The third-order valence-corrected chi connectivity index (χ3v) is 4.31. The standard InChI is InChI=1S/C18H24N4/c1-14-11-16(21(2)3)12-17(20-14)18-5-4-10-22(18)13-15-6-8-19-9-7-15/h6-9,11-12,18H,4-5,10,13H2,1-3H3. The van der Waals surface area contributed by atoms with Gasteiger partial charge in [-0.1, -0.05) is 0 Å². The Hall–Kier alpha value is -1.94. The van der Waals surface area contributed by atoms with Crippen molar-refractivity contribution >= 4 is 5.69 Å². The summed E-state index contributed by atoms with van der Waals surface area (Å²) in [5.74, 6) is 0.